The number of hydrogen-bond donors (Lipinski definition) is 1. The van der Waals surface area contributed by atoms with Gasteiger partial charge in [-0.3, -0.25) is 0 Å². The molecule has 0 radical (unpaired) electrons. The molecular weight excluding hydrogens is 263 g/mol. The minimum atomic E-state index is -0.585. The molecule has 0 aliphatic heterocycles. The van der Waals surface area contributed by atoms with Crippen molar-refractivity contribution in [2.45, 2.75) is 13.0 Å². The van der Waals surface area contributed by atoms with Crippen LogP contribution in [0.15, 0.2) is 30.3 Å². The summed E-state index contributed by atoms with van der Waals surface area (Å²) in [6.07, 6.45) is -0.300. The molecule has 1 heterocycles. The molecule has 5 heteroatoms. The number of rotatable bonds is 4. The van der Waals surface area contributed by atoms with E-state index in [0.29, 0.717) is 12.3 Å². The fourth-order valence-electron chi connectivity index (χ4n) is 1.67. The fourth-order valence-corrected chi connectivity index (χ4v) is 2.59. The Labute approximate surface area is 115 Å². The Hall–Kier alpha value is -1.90. The first-order chi connectivity index (χ1) is 9.13. The number of benzene rings is 1. The summed E-state index contributed by atoms with van der Waals surface area (Å²) in [5.41, 5.74) is 5.69. The molecule has 0 fully saturated rings. The number of nitrogens with two attached hydrogens (primary N) is 1. The second-order valence-corrected chi connectivity index (χ2v) is 5.36. The van der Waals surface area contributed by atoms with Gasteiger partial charge < -0.3 is 10.5 Å². The number of halogens is 1. The van der Waals surface area contributed by atoms with Crippen LogP contribution in [-0.2, 0) is 0 Å². The van der Waals surface area contributed by atoms with Crippen LogP contribution >= 0.6 is 11.3 Å². The average Bonchev–Trinajstić information content (AvgIpc) is 2.82. The molecule has 98 valence electrons. The van der Waals surface area contributed by atoms with Crippen molar-refractivity contribution in [2.24, 2.45) is 5.73 Å². The summed E-state index contributed by atoms with van der Waals surface area (Å²) >= 11 is 1.60. The van der Waals surface area contributed by atoms with Gasteiger partial charge in [0.2, 0.25) is 0 Å². The van der Waals surface area contributed by atoms with Gasteiger partial charge in [0.05, 0.1) is 5.56 Å². The van der Waals surface area contributed by atoms with Gasteiger partial charge in [-0.25, -0.2) is 4.39 Å². The molecule has 19 heavy (non-hydrogen) atoms. The van der Waals surface area contributed by atoms with Crippen molar-refractivity contribution in [1.82, 2.24) is 0 Å². The first kappa shape index (κ1) is 13.5. The van der Waals surface area contributed by atoms with Crippen LogP contribution in [0, 0.1) is 24.1 Å². The van der Waals surface area contributed by atoms with Crippen molar-refractivity contribution >= 4 is 11.3 Å². The monoisotopic (exact) mass is 276 g/mol. The van der Waals surface area contributed by atoms with Crippen molar-refractivity contribution in [1.29, 1.82) is 5.26 Å². The van der Waals surface area contributed by atoms with Gasteiger partial charge in [-0.15, -0.1) is 11.3 Å². The number of nitrogens with zero attached hydrogens (tertiary/aromatic N) is 1. The highest BCUT2D eigenvalue weighted by Gasteiger charge is 2.14. The third-order valence-electron chi connectivity index (χ3n) is 2.63. The molecule has 0 saturated heterocycles. The van der Waals surface area contributed by atoms with Crippen LogP contribution in [0.4, 0.5) is 4.39 Å². The minimum Gasteiger partial charge on any atom is -0.483 e. The third-order valence-corrected chi connectivity index (χ3v) is 3.72. The highest BCUT2D eigenvalue weighted by atomic mass is 32.1. The summed E-state index contributed by atoms with van der Waals surface area (Å²) in [5, 5.41) is 8.67. The zero-order chi connectivity index (χ0) is 13.8. The van der Waals surface area contributed by atoms with Crippen molar-refractivity contribution in [3.8, 4) is 11.8 Å². The van der Waals surface area contributed by atoms with Crippen LogP contribution in [0.1, 0.15) is 21.4 Å². The molecule has 0 bridgehead atoms. The lowest BCUT2D eigenvalue weighted by atomic mass is 10.2. The Morgan fingerprint density at radius 3 is 2.74 bits per heavy atom. The SMILES string of the molecule is Cc1ccc(C(CN)Oc2ccc(C#N)c(F)c2)s1. The van der Waals surface area contributed by atoms with E-state index < -0.39 is 5.82 Å². The van der Waals surface area contributed by atoms with E-state index in [1.165, 1.54) is 17.0 Å². The van der Waals surface area contributed by atoms with Gasteiger partial charge in [-0.2, -0.15) is 5.26 Å². The maximum Gasteiger partial charge on any atom is 0.145 e. The highest BCUT2D eigenvalue weighted by Crippen LogP contribution is 2.27. The van der Waals surface area contributed by atoms with Gasteiger partial charge in [0, 0.05) is 22.4 Å². The van der Waals surface area contributed by atoms with E-state index in [9.17, 15) is 4.39 Å². The van der Waals surface area contributed by atoms with Gasteiger partial charge in [-0.1, -0.05) is 0 Å². The average molecular weight is 276 g/mol. The van der Waals surface area contributed by atoms with E-state index in [2.05, 4.69) is 0 Å². The van der Waals surface area contributed by atoms with Gasteiger partial charge in [0.1, 0.15) is 23.7 Å². The number of nitriles is 1. The molecule has 1 atom stereocenters. The lowest BCUT2D eigenvalue weighted by molar-refractivity contribution is 0.217. The van der Waals surface area contributed by atoms with Gasteiger partial charge in [0.25, 0.3) is 0 Å². The smallest absolute Gasteiger partial charge is 0.145 e. The van der Waals surface area contributed by atoms with Crippen LogP contribution in [0.25, 0.3) is 0 Å². The Morgan fingerprint density at radius 1 is 1.42 bits per heavy atom. The molecule has 3 nitrogen and oxygen atoms in total. The predicted molar refractivity (Wildman–Crippen MR) is 72.6 cm³/mol. The van der Waals surface area contributed by atoms with Crippen LogP contribution in [0.2, 0.25) is 0 Å². The normalized spacial score (nSPS) is 11.9. The summed E-state index contributed by atoms with van der Waals surface area (Å²) in [7, 11) is 0. The highest BCUT2D eigenvalue weighted by molar-refractivity contribution is 7.12. The first-order valence-electron chi connectivity index (χ1n) is 5.76. The van der Waals surface area contributed by atoms with Crippen molar-refractivity contribution in [3.63, 3.8) is 0 Å². The number of thiophene rings is 1. The Kier molecular flexibility index (Phi) is 4.15. The summed E-state index contributed by atoms with van der Waals surface area (Å²) in [4.78, 5) is 2.17. The lowest BCUT2D eigenvalue weighted by Gasteiger charge is -2.16. The van der Waals surface area contributed by atoms with Crippen molar-refractivity contribution in [2.75, 3.05) is 6.54 Å². The number of hydrogen-bond acceptors (Lipinski definition) is 4. The van der Waals surface area contributed by atoms with E-state index in [4.69, 9.17) is 15.7 Å². The lowest BCUT2D eigenvalue weighted by Crippen LogP contribution is -2.17. The standard InChI is InChI=1S/C14H13FN2OS/c1-9-2-5-14(19-9)13(8-17)18-11-4-3-10(7-16)12(15)6-11/h2-6,13H,8,17H2,1H3. The molecule has 0 spiro atoms. The van der Waals surface area contributed by atoms with Crippen molar-refractivity contribution < 1.29 is 9.13 Å². The van der Waals surface area contributed by atoms with E-state index >= 15 is 0 Å². The Bertz CT molecular complexity index is 618. The predicted octanol–water partition coefficient (Wildman–Crippen LogP) is 3.15. The molecule has 0 saturated carbocycles. The molecular formula is C14H13FN2OS. The van der Waals surface area contributed by atoms with Crippen LogP contribution in [0.3, 0.4) is 0 Å². The molecule has 2 N–H and O–H groups in total. The molecule has 0 amide bonds. The molecule has 1 unspecified atom stereocenters. The van der Waals surface area contributed by atoms with Crippen LogP contribution in [-0.4, -0.2) is 6.54 Å². The summed E-state index contributed by atoms with van der Waals surface area (Å²) in [6, 6.07) is 9.90. The van der Waals surface area contributed by atoms with Gasteiger partial charge in [-0.05, 0) is 31.2 Å². The topological polar surface area (TPSA) is 59.0 Å². The van der Waals surface area contributed by atoms with Crippen LogP contribution < -0.4 is 10.5 Å². The zero-order valence-corrected chi connectivity index (χ0v) is 11.2. The van der Waals surface area contributed by atoms with E-state index in [1.807, 2.05) is 19.1 Å². The first-order valence-corrected chi connectivity index (χ1v) is 6.58. The minimum absolute atomic E-state index is 0.00335. The zero-order valence-electron chi connectivity index (χ0n) is 10.4. The summed E-state index contributed by atoms with van der Waals surface area (Å²) < 4.78 is 19.2. The molecule has 0 aliphatic rings. The summed E-state index contributed by atoms with van der Waals surface area (Å²) in [6.45, 7) is 2.31. The number of ether oxygens (including phenoxy) is 1. The second-order valence-electron chi connectivity index (χ2n) is 4.04. The molecule has 0 aliphatic carbocycles. The number of aryl methyl sites for hydroxylation is 1. The molecule has 2 rings (SSSR count). The Morgan fingerprint density at radius 2 is 2.21 bits per heavy atom. The Balaban J connectivity index is 2.19. The van der Waals surface area contributed by atoms with Crippen molar-refractivity contribution in [3.05, 3.63) is 51.5 Å². The van der Waals surface area contributed by atoms with Gasteiger partial charge >= 0.3 is 0 Å². The van der Waals surface area contributed by atoms with Crippen LogP contribution in [0.5, 0.6) is 5.75 Å². The maximum absolute atomic E-state index is 13.5. The second kappa shape index (κ2) is 5.83. The quantitative estimate of drug-likeness (QED) is 0.933. The summed E-state index contributed by atoms with van der Waals surface area (Å²) in [5.74, 6) is -0.212. The molecule has 2 aromatic rings. The van der Waals surface area contributed by atoms with E-state index in [-0.39, 0.29) is 11.7 Å². The van der Waals surface area contributed by atoms with E-state index in [1.54, 1.807) is 23.5 Å². The maximum atomic E-state index is 13.5. The van der Waals surface area contributed by atoms with E-state index in [0.717, 1.165) is 4.88 Å². The molecule has 1 aromatic carbocycles. The fraction of sp³-hybridized carbons (Fsp3) is 0.214. The molecule has 1 aromatic heterocycles. The van der Waals surface area contributed by atoms with Gasteiger partial charge in [0.15, 0.2) is 0 Å². The third kappa shape index (κ3) is 3.11. The largest absolute Gasteiger partial charge is 0.483 e.